The highest BCUT2D eigenvalue weighted by atomic mass is 19.4. The molecule has 2 aliphatic heterocycles. The van der Waals surface area contributed by atoms with E-state index in [4.69, 9.17) is 4.74 Å². The van der Waals surface area contributed by atoms with Crippen molar-refractivity contribution in [3.8, 4) is 0 Å². The van der Waals surface area contributed by atoms with E-state index in [2.05, 4.69) is 10.3 Å². The molecule has 3 heterocycles. The number of pyridine rings is 1. The van der Waals surface area contributed by atoms with Crippen LogP contribution in [0, 0.1) is 12.7 Å². The zero-order chi connectivity index (χ0) is 33.3. The van der Waals surface area contributed by atoms with Crippen LogP contribution in [0.1, 0.15) is 51.3 Å². The van der Waals surface area contributed by atoms with E-state index in [0.29, 0.717) is 32.6 Å². The number of likely N-dealkylation sites (tertiary alicyclic amines) is 1. The second-order valence-electron chi connectivity index (χ2n) is 12.5. The number of carbonyl (C=O) groups excluding carboxylic acids is 3. The molecule has 1 atom stereocenters. The highest BCUT2D eigenvalue weighted by molar-refractivity contribution is 6.09. The van der Waals surface area contributed by atoms with Crippen LogP contribution in [0.2, 0.25) is 0 Å². The number of ether oxygens (including phenoxy) is 1. The molecule has 0 bridgehead atoms. The van der Waals surface area contributed by atoms with Crippen LogP contribution < -0.4 is 20.0 Å². The lowest BCUT2D eigenvalue weighted by molar-refractivity contribution is -0.137. The number of nitrogens with one attached hydrogen (secondary N) is 1. The molecule has 14 heteroatoms. The molecule has 246 valence electrons. The van der Waals surface area contributed by atoms with Crippen molar-refractivity contribution in [3.63, 3.8) is 0 Å². The lowest BCUT2D eigenvalue weighted by atomic mass is 10.1. The van der Waals surface area contributed by atoms with E-state index in [1.165, 1.54) is 31.0 Å². The normalized spacial score (nSPS) is 17.4. The number of carbonyl (C=O) groups is 3. The molecular weight excluding hydrogens is 596 g/mol. The summed E-state index contributed by atoms with van der Waals surface area (Å²) < 4.78 is 61.1. The Labute approximate surface area is 260 Å². The van der Waals surface area contributed by atoms with Gasteiger partial charge >= 0.3 is 12.3 Å². The second-order valence-corrected chi connectivity index (χ2v) is 12.5. The Bertz CT molecular complexity index is 1420. The van der Waals surface area contributed by atoms with E-state index < -0.39 is 41.0 Å². The summed E-state index contributed by atoms with van der Waals surface area (Å²) in [6, 6.07) is 5.00. The summed E-state index contributed by atoms with van der Waals surface area (Å²) in [6.45, 7) is 8.94. The van der Waals surface area contributed by atoms with Gasteiger partial charge in [-0.1, -0.05) is 6.07 Å². The summed E-state index contributed by atoms with van der Waals surface area (Å²) in [5, 5.41) is 3.37. The molecule has 1 N–H and O–H groups in total. The zero-order valence-corrected chi connectivity index (χ0v) is 26.4. The number of anilines is 3. The van der Waals surface area contributed by atoms with E-state index >= 15 is 4.39 Å². The zero-order valence-electron chi connectivity index (χ0n) is 26.4. The van der Waals surface area contributed by atoms with Gasteiger partial charge in [0.25, 0.3) is 0 Å². The Morgan fingerprint density at radius 3 is 2.47 bits per heavy atom. The van der Waals surface area contributed by atoms with Gasteiger partial charge in [-0.25, -0.2) is 14.2 Å². The van der Waals surface area contributed by atoms with Crippen LogP contribution in [0.15, 0.2) is 30.3 Å². The highest BCUT2D eigenvalue weighted by Gasteiger charge is 2.41. The summed E-state index contributed by atoms with van der Waals surface area (Å²) in [5.74, 6) is -1.89. The Morgan fingerprint density at radius 2 is 1.82 bits per heavy atom. The fraction of sp³-hybridized carbons (Fsp3) is 0.548. The number of aromatic nitrogens is 1. The molecule has 3 amide bonds. The van der Waals surface area contributed by atoms with Gasteiger partial charge in [0.15, 0.2) is 0 Å². The minimum Gasteiger partial charge on any atom is -0.444 e. The molecule has 2 saturated heterocycles. The fourth-order valence-electron chi connectivity index (χ4n) is 5.46. The molecule has 2 aromatic rings. The number of amides is 3. The lowest BCUT2D eigenvalue weighted by Gasteiger charge is -2.40. The first kappa shape index (κ1) is 33.9. The number of likely N-dealkylation sites (N-methyl/N-ethyl adjacent to an activating group) is 1. The van der Waals surface area contributed by atoms with Crippen LogP contribution in [0.5, 0.6) is 0 Å². The van der Waals surface area contributed by atoms with Crippen molar-refractivity contribution in [3.05, 3.63) is 47.4 Å². The van der Waals surface area contributed by atoms with Gasteiger partial charge in [0, 0.05) is 51.9 Å². The standard InChI is InChI=1S/C31H40F4N6O4/c1-19-15-20(31(33,34)35)16-25(37-19)41-24(11-12-26(41)42)28(43)39(6)23-10-7-9-22(32)27(23)38(5)14-8-13-36-21-17-40(18-21)29(44)45-30(2,3)4/h7,9-10,15-16,21,24,36H,8,11-14,17-18H2,1-6H3/t24-/m0/s1. The van der Waals surface area contributed by atoms with E-state index in [1.807, 2.05) is 20.8 Å². The van der Waals surface area contributed by atoms with Crippen molar-refractivity contribution in [1.82, 2.24) is 15.2 Å². The van der Waals surface area contributed by atoms with Gasteiger partial charge in [-0.15, -0.1) is 0 Å². The summed E-state index contributed by atoms with van der Waals surface area (Å²) in [4.78, 5) is 48.4. The van der Waals surface area contributed by atoms with Crippen molar-refractivity contribution in [2.24, 2.45) is 0 Å². The number of halogens is 4. The van der Waals surface area contributed by atoms with E-state index in [0.717, 1.165) is 17.0 Å². The van der Waals surface area contributed by atoms with E-state index in [-0.39, 0.29) is 47.9 Å². The van der Waals surface area contributed by atoms with E-state index in [1.54, 1.807) is 22.9 Å². The van der Waals surface area contributed by atoms with Crippen LogP contribution in [0.25, 0.3) is 0 Å². The molecule has 4 rings (SSSR count). The topological polar surface area (TPSA) is 98.3 Å². The van der Waals surface area contributed by atoms with Gasteiger partial charge in [-0.2, -0.15) is 13.2 Å². The average Bonchev–Trinajstić information content (AvgIpc) is 3.30. The monoisotopic (exact) mass is 636 g/mol. The predicted octanol–water partition coefficient (Wildman–Crippen LogP) is 4.74. The molecule has 0 radical (unpaired) electrons. The summed E-state index contributed by atoms with van der Waals surface area (Å²) in [6.07, 6.45) is -4.33. The Morgan fingerprint density at radius 1 is 1.13 bits per heavy atom. The van der Waals surface area contributed by atoms with E-state index in [9.17, 15) is 27.6 Å². The molecule has 10 nitrogen and oxygen atoms in total. The number of rotatable bonds is 9. The first-order valence-electron chi connectivity index (χ1n) is 14.8. The summed E-state index contributed by atoms with van der Waals surface area (Å²) in [5.41, 5.74) is -1.03. The molecular formula is C31H40F4N6O4. The SMILES string of the molecule is Cc1cc(C(F)(F)F)cc(N2C(=O)CC[C@H]2C(=O)N(C)c2cccc(F)c2N(C)CCCNC2CN(C(=O)OC(C)(C)C)C2)n1. The largest absolute Gasteiger partial charge is 0.444 e. The third kappa shape index (κ3) is 8.02. The maximum atomic E-state index is 15.2. The second kappa shape index (κ2) is 13.2. The Hall–Kier alpha value is -3.94. The number of para-hydroxylation sites is 1. The molecule has 0 unspecified atom stereocenters. The molecule has 0 saturated carbocycles. The van der Waals surface area contributed by atoms with Gasteiger partial charge in [0.2, 0.25) is 11.8 Å². The number of alkyl halides is 3. The first-order valence-corrected chi connectivity index (χ1v) is 14.8. The van der Waals surface area contributed by atoms with Gasteiger partial charge < -0.3 is 24.8 Å². The maximum Gasteiger partial charge on any atom is 0.416 e. The first-order chi connectivity index (χ1) is 21.0. The van der Waals surface area contributed by atoms with Crippen LogP contribution >= 0.6 is 0 Å². The lowest BCUT2D eigenvalue weighted by Crippen LogP contribution is -2.60. The molecule has 0 spiro atoms. The molecule has 2 aliphatic rings. The van der Waals surface area contributed by atoms with Crippen LogP contribution in [0.3, 0.4) is 0 Å². The van der Waals surface area contributed by atoms with Crippen molar-refractivity contribution in [1.29, 1.82) is 0 Å². The molecule has 0 aliphatic carbocycles. The smallest absolute Gasteiger partial charge is 0.416 e. The molecule has 1 aromatic heterocycles. The Kier molecular flexibility index (Phi) is 9.95. The number of hydrogen-bond acceptors (Lipinski definition) is 7. The summed E-state index contributed by atoms with van der Waals surface area (Å²) >= 11 is 0. The number of hydrogen-bond donors (Lipinski definition) is 1. The van der Waals surface area contributed by atoms with Gasteiger partial charge in [0.1, 0.15) is 23.3 Å². The van der Waals surface area contributed by atoms with Crippen molar-refractivity contribution in [2.75, 3.05) is 55.0 Å². The third-order valence-corrected chi connectivity index (χ3v) is 7.69. The minimum absolute atomic E-state index is 0.0410. The minimum atomic E-state index is -4.66. The molecule has 2 fully saturated rings. The third-order valence-electron chi connectivity index (χ3n) is 7.69. The molecule has 1 aromatic carbocycles. The quantitative estimate of drug-likeness (QED) is 0.314. The van der Waals surface area contributed by atoms with Crippen LogP contribution in [0.4, 0.5) is 39.5 Å². The van der Waals surface area contributed by atoms with Gasteiger partial charge in [0.05, 0.1) is 16.9 Å². The van der Waals surface area contributed by atoms with Gasteiger partial charge in [-0.3, -0.25) is 14.5 Å². The van der Waals surface area contributed by atoms with Crippen LogP contribution in [-0.4, -0.2) is 85.8 Å². The van der Waals surface area contributed by atoms with Gasteiger partial charge in [-0.05, 0) is 71.3 Å². The van der Waals surface area contributed by atoms with Crippen molar-refractivity contribution in [2.45, 2.75) is 70.8 Å². The predicted molar refractivity (Wildman–Crippen MR) is 162 cm³/mol. The Balaban J connectivity index is 1.40. The maximum absolute atomic E-state index is 15.2. The van der Waals surface area contributed by atoms with Crippen molar-refractivity contribution >= 4 is 35.1 Å². The number of benzene rings is 1. The van der Waals surface area contributed by atoms with Crippen molar-refractivity contribution < 1.29 is 36.7 Å². The highest BCUT2D eigenvalue weighted by Crippen LogP contribution is 2.36. The number of nitrogens with zero attached hydrogens (tertiary/aromatic N) is 5. The molecule has 45 heavy (non-hydrogen) atoms. The summed E-state index contributed by atoms with van der Waals surface area (Å²) in [7, 11) is 3.16. The number of aryl methyl sites for hydroxylation is 1. The fourth-order valence-corrected chi connectivity index (χ4v) is 5.46. The average molecular weight is 637 g/mol. The van der Waals surface area contributed by atoms with Crippen LogP contribution in [-0.2, 0) is 20.5 Å².